The zero-order chi connectivity index (χ0) is 19.5. The Labute approximate surface area is 154 Å². The van der Waals surface area contributed by atoms with Crippen LogP contribution in [0.5, 0.6) is 0 Å². The molecule has 3 aromatic rings. The molecule has 0 spiro atoms. The van der Waals surface area contributed by atoms with E-state index in [0.717, 1.165) is 29.4 Å². The monoisotopic (exact) mass is 395 g/mol. The predicted molar refractivity (Wildman–Crippen MR) is 93.9 cm³/mol. The molecule has 142 valence electrons. The van der Waals surface area contributed by atoms with E-state index in [2.05, 4.69) is 9.82 Å². The van der Waals surface area contributed by atoms with Crippen molar-refractivity contribution in [3.8, 4) is 5.69 Å². The molecular formula is C18H16F3N3O2S. The van der Waals surface area contributed by atoms with Gasteiger partial charge in [0.25, 0.3) is 0 Å². The molecule has 0 saturated heterocycles. The van der Waals surface area contributed by atoms with Crippen molar-refractivity contribution >= 4 is 10.0 Å². The van der Waals surface area contributed by atoms with Crippen molar-refractivity contribution in [2.24, 2.45) is 0 Å². The van der Waals surface area contributed by atoms with E-state index in [1.54, 1.807) is 23.1 Å². The standard InChI is InChI=1S/C18H16F3N3O2S/c19-18(20,21)16-4-1-2-5-17(16)27(25,26)23-12-10-14-6-8-15(9-7-14)24-13-3-11-22-24/h1-9,11,13,23H,10,12H2. The third kappa shape index (κ3) is 4.55. The summed E-state index contributed by atoms with van der Waals surface area (Å²) in [6.07, 6.45) is -0.955. The second-order valence-corrected chi connectivity index (χ2v) is 7.49. The largest absolute Gasteiger partial charge is 0.417 e. The van der Waals surface area contributed by atoms with Crippen LogP contribution in [0.1, 0.15) is 11.1 Å². The molecule has 0 aliphatic carbocycles. The molecule has 9 heteroatoms. The average Bonchev–Trinajstić information content (AvgIpc) is 3.16. The van der Waals surface area contributed by atoms with Crippen LogP contribution < -0.4 is 4.72 Å². The Bertz CT molecular complexity index is 999. The first-order valence-corrected chi connectivity index (χ1v) is 9.50. The molecule has 0 amide bonds. The maximum Gasteiger partial charge on any atom is 0.417 e. The van der Waals surface area contributed by atoms with Gasteiger partial charge >= 0.3 is 6.18 Å². The Morgan fingerprint density at radius 1 is 1.00 bits per heavy atom. The van der Waals surface area contributed by atoms with E-state index in [9.17, 15) is 21.6 Å². The normalized spacial score (nSPS) is 12.3. The zero-order valence-electron chi connectivity index (χ0n) is 14.0. The van der Waals surface area contributed by atoms with Gasteiger partial charge in [-0.2, -0.15) is 18.3 Å². The predicted octanol–water partition coefficient (Wildman–Crippen LogP) is 3.41. The molecule has 5 nitrogen and oxygen atoms in total. The van der Waals surface area contributed by atoms with E-state index in [0.29, 0.717) is 6.42 Å². The minimum atomic E-state index is -4.74. The van der Waals surface area contributed by atoms with Crippen LogP contribution in [0.15, 0.2) is 71.9 Å². The van der Waals surface area contributed by atoms with E-state index in [1.165, 1.54) is 6.07 Å². The molecule has 0 radical (unpaired) electrons. The minimum Gasteiger partial charge on any atom is -0.241 e. The molecule has 0 fully saturated rings. The molecule has 0 saturated carbocycles. The van der Waals surface area contributed by atoms with Crippen molar-refractivity contribution in [1.29, 1.82) is 0 Å². The molecule has 1 N–H and O–H groups in total. The number of halogens is 3. The average molecular weight is 395 g/mol. The summed E-state index contributed by atoms with van der Waals surface area (Å²) in [5.41, 5.74) is 0.516. The van der Waals surface area contributed by atoms with Crippen LogP contribution >= 0.6 is 0 Å². The number of nitrogens with one attached hydrogen (secondary N) is 1. The number of rotatable bonds is 6. The number of hydrogen-bond donors (Lipinski definition) is 1. The first-order chi connectivity index (χ1) is 12.8. The Hall–Kier alpha value is -2.65. The fourth-order valence-electron chi connectivity index (χ4n) is 2.58. The molecule has 0 aliphatic rings. The topological polar surface area (TPSA) is 64.0 Å². The first kappa shape index (κ1) is 19.1. The Morgan fingerprint density at radius 3 is 2.33 bits per heavy atom. The molecule has 3 rings (SSSR count). The summed E-state index contributed by atoms with van der Waals surface area (Å²) in [6.45, 7) is -0.0182. The maximum absolute atomic E-state index is 13.0. The summed E-state index contributed by atoms with van der Waals surface area (Å²) >= 11 is 0. The Balaban J connectivity index is 1.67. The van der Waals surface area contributed by atoms with Crippen LogP contribution in [-0.2, 0) is 22.6 Å². The lowest BCUT2D eigenvalue weighted by molar-refractivity contribution is -0.139. The molecule has 0 aliphatic heterocycles. The van der Waals surface area contributed by atoms with Gasteiger partial charge in [0.1, 0.15) is 0 Å². The second kappa shape index (κ2) is 7.53. The van der Waals surface area contributed by atoms with Crippen molar-refractivity contribution in [2.45, 2.75) is 17.5 Å². The Morgan fingerprint density at radius 2 is 1.70 bits per heavy atom. The highest BCUT2D eigenvalue weighted by Crippen LogP contribution is 2.33. The fraction of sp³-hybridized carbons (Fsp3) is 0.167. The summed E-state index contributed by atoms with van der Waals surface area (Å²) in [5, 5.41) is 4.11. The molecular weight excluding hydrogens is 379 g/mol. The molecule has 2 aromatic carbocycles. The number of nitrogens with zero attached hydrogens (tertiary/aromatic N) is 2. The number of sulfonamides is 1. The third-order valence-corrected chi connectivity index (χ3v) is 5.41. The van der Waals surface area contributed by atoms with Gasteiger partial charge in [0.15, 0.2) is 0 Å². The van der Waals surface area contributed by atoms with Crippen LogP contribution in [-0.4, -0.2) is 24.7 Å². The van der Waals surface area contributed by atoms with Gasteiger partial charge < -0.3 is 0 Å². The van der Waals surface area contributed by atoms with Crippen molar-refractivity contribution in [3.05, 3.63) is 78.1 Å². The minimum absolute atomic E-state index is 0.0182. The number of aromatic nitrogens is 2. The van der Waals surface area contributed by atoms with Crippen molar-refractivity contribution in [1.82, 2.24) is 14.5 Å². The smallest absolute Gasteiger partial charge is 0.241 e. The van der Waals surface area contributed by atoms with E-state index >= 15 is 0 Å². The molecule has 1 aromatic heterocycles. The SMILES string of the molecule is O=S(=O)(NCCc1ccc(-n2cccn2)cc1)c1ccccc1C(F)(F)F. The summed E-state index contributed by atoms with van der Waals surface area (Å²) < 4.78 is 67.5. The van der Waals surface area contributed by atoms with Crippen molar-refractivity contribution < 1.29 is 21.6 Å². The molecule has 0 bridgehead atoms. The highest BCUT2D eigenvalue weighted by Gasteiger charge is 2.36. The van der Waals surface area contributed by atoms with Crippen LogP contribution in [0.2, 0.25) is 0 Å². The van der Waals surface area contributed by atoms with Gasteiger partial charge in [0.05, 0.1) is 16.1 Å². The van der Waals surface area contributed by atoms with E-state index < -0.39 is 26.7 Å². The van der Waals surface area contributed by atoms with Crippen molar-refractivity contribution in [3.63, 3.8) is 0 Å². The van der Waals surface area contributed by atoms with E-state index in [4.69, 9.17) is 0 Å². The molecule has 0 unspecified atom stereocenters. The van der Waals surface area contributed by atoms with Crippen LogP contribution in [0.3, 0.4) is 0 Å². The quantitative estimate of drug-likeness (QED) is 0.696. The number of alkyl halides is 3. The lowest BCUT2D eigenvalue weighted by Crippen LogP contribution is -2.28. The maximum atomic E-state index is 13.0. The summed E-state index contributed by atoms with van der Waals surface area (Å²) in [6, 6.07) is 13.2. The summed E-state index contributed by atoms with van der Waals surface area (Å²) in [4.78, 5) is -0.772. The van der Waals surface area contributed by atoms with E-state index in [-0.39, 0.29) is 6.54 Å². The van der Waals surface area contributed by atoms with Gasteiger partial charge in [-0.05, 0) is 42.3 Å². The second-order valence-electron chi connectivity index (χ2n) is 5.76. The highest BCUT2D eigenvalue weighted by molar-refractivity contribution is 7.89. The third-order valence-electron chi connectivity index (χ3n) is 3.89. The van der Waals surface area contributed by atoms with Crippen molar-refractivity contribution in [2.75, 3.05) is 6.54 Å². The lowest BCUT2D eigenvalue weighted by atomic mass is 10.1. The fourth-order valence-corrected chi connectivity index (χ4v) is 3.84. The Kier molecular flexibility index (Phi) is 5.33. The molecule has 0 atom stereocenters. The van der Waals surface area contributed by atoms with Gasteiger partial charge in [-0.25, -0.2) is 17.8 Å². The summed E-state index contributed by atoms with van der Waals surface area (Å²) in [5.74, 6) is 0. The van der Waals surface area contributed by atoms with E-state index in [1.807, 2.05) is 24.3 Å². The van der Waals surface area contributed by atoms with Gasteiger partial charge in [-0.3, -0.25) is 0 Å². The van der Waals surface area contributed by atoms with Crippen LogP contribution in [0.4, 0.5) is 13.2 Å². The number of hydrogen-bond acceptors (Lipinski definition) is 3. The van der Waals surface area contributed by atoms with Crippen LogP contribution in [0.25, 0.3) is 5.69 Å². The highest BCUT2D eigenvalue weighted by atomic mass is 32.2. The molecule has 27 heavy (non-hydrogen) atoms. The molecule has 1 heterocycles. The van der Waals surface area contributed by atoms with Crippen LogP contribution in [0, 0.1) is 0 Å². The number of benzene rings is 2. The van der Waals surface area contributed by atoms with Gasteiger partial charge in [-0.15, -0.1) is 0 Å². The van der Waals surface area contributed by atoms with Gasteiger partial charge in [-0.1, -0.05) is 24.3 Å². The lowest BCUT2D eigenvalue weighted by Gasteiger charge is -2.13. The van der Waals surface area contributed by atoms with Gasteiger partial charge in [0.2, 0.25) is 10.0 Å². The zero-order valence-corrected chi connectivity index (χ0v) is 14.8. The van der Waals surface area contributed by atoms with Gasteiger partial charge in [0, 0.05) is 18.9 Å². The summed E-state index contributed by atoms with van der Waals surface area (Å²) in [7, 11) is -4.27. The first-order valence-electron chi connectivity index (χ1n) is 8.02.